The molecule has 1 N–H and O–H groups in total. The maximum Gasteiger partial charge on any atom is 0.0837 e. The largest absolute Gasteiger partial charge is 0.305 e. The molecule has 0 fully saturated rings. The van der Waals surface area contributed by atoms with Crippen molar-refractivity contribution in [2.75, 3.05) is 6.54 Å². The summed E-state index contributed by atoms with van der Waals surface area (Å²) in [5.74, 6) is 0. The Hall–Kier alpha value is -1.39. The summed E-state index contributed by atoms with van der Waals surface area (Å²) in [6.45, 7) is 4.91. The molecule has 4 nitrogen and oxygen atoms in total. The molecule has 0 aliphatic carbocycles. The van der Waals surface area contributed by atoms with Gasteiger partial charge in [0.2, 0.25) is 0 Å². The molecule has 2 aromatic rings. The van der Waals surface area contributed by atoms with Crippen molar-refractivity contribution in [3.8, 4) is 0 Å². The number of aromatic nitrogens is 3. The van der Waals surface area contributed by atoms with Gasteiger partial charge in [0.05, 0.1) is 23.0 Å². The molecule has 0 amide bonds. The average Bonchev–Trinajstić information content (AvgIpc) is 2.67. The van der Waals surface area contributed by atoms with Gasteiger partial charge in [0.25, 0.3) is 0 Å². The summed E-state index contributed by atoms with van der Waals surface area (Å²) in [6.07, 6.45) is 3.49. The first kappa shape index (κ1) is 13.1. The Labute approximate surface area is 112 Å². The molecule has 0 spiro atoms. The third-order valence-electron chi connectivity index (χ3n) is 2.87. The molecule has 0 radical (unpaired) electrons. The van der Waals surface area contributed by atoms with E-state index in [2.05, 4.69) is 28.4 Å². The van der Waals surface area contributed by atoms with Crippen LogP contribution >= 0.6 is 11.6 Å². The second-order valence-corrected chi connectivity index (χ2v) is 4.63. The maximum absolute atomic E-state index is 6.23. The van der Waals surface area contributed by atoms with E-state index in [-0.39, 0.29) is 6.04 Å². The SMILES string of the molecule is CCNC(c1ccnc(C)c1)c1c(Cl)cnn1C. The standard InChI is InChI=1S/C13H17ClN4/c1-4-15-12(10-5-6-16-9(2)7-10)13-11(14)8-17-18(13)3/h5-8,12,15H,4H2,1-3H3. The zero-order chi connectivity index (χ0) is 13.1. The van der Waals surface area contributed by atoms with E-state index < -0.39 is 0 Å². The van der Waals surface area contributed by atoms with Crippen molar-refractivity contribution in [3.63, 3.8) is 0 Å². The highest BCUT2D eigenvalue weighted by molar-refractivity contribution is 6.31. The number of nitrogens with zero attached hydrogens (tertiary/aromatic N) is 3. The van der Waals surface area contributed by atoms with Crippen LogP contribution in [0.1, 0.15) is 29.9 Å². The van der Waals surface area contributed by atoms with Gasteiger partial charge in [0, 0.05) is 18.9 Å². The molecule has 0 aromatic carbocycles. The van der Waals surface area contributed by atoms with Gasteiger partial charge in [0.1, 0.15) is 0 Å². The van der Waals surface area contributed by atoms with E-state index in [0.717, 1.165) is 23.5 Å². The molecule has 0 saturated heterocycles. The molecule has 1 atom stereocenters. The number of aryl methyl sites for hydroxylation is 2. The van der Waals surface area contributed by atoms with Gasteiger partial charge in [-0.3, -0.25) is 9.67 Å². The summed E-state index contributed by atoms with van der Waals surface area (Å²) < 4.78 is 1.81. The van der Waals surface area contributed by atoms with Crippen molar-refractivity contribution >= 4 is 11.6 Å². The van der Waals surface area contributed by atoms with Gasteiger partial charge in [-0.25, -0.2) is 0 Å². The molecule has 1 unspecified atom stereocenters. The highest BCUT2D eigenvalue weighted by Crippen LogP contribution is 2.27. The topological polar surface area (TPSA) is 42.7 Å². The van der Waals surface area contributed by atoms with Crippen molar-refractivity contribution in [3.05, 3.63) is 46.5 Å². The normalized spacial score (nSPS) is 12.7. The van der Waals surface area contributed by atoms with Crippen LogP contribution in [0.2, 0.25) is 5.02 Å². The predicted molar refractivity (Wildman–Crippen MR) is 72.7 cm³/mol. The minimum absolute atomic E-state index is 0.0386. The number of pyridine rings is 1. The van der Waals surface area contributed by atoms with Crippen molar-refractivity contribution in [2.45, 2.75) is 19.9 Å². The molecule has 0 aliphatic rings. The Balaban J connectivity index is 2.46. The van der Waals surface area contributed by atoms with Gasteiger partial charge in [0.15, 0.2) is 0 Å². The second-order valence-electron chi connectivity index (χ2n) is 4.22. The lowest BCUT2D eigenvalue weighted by molar-refractivity contribution is 0.572. The molecule has 2 heterocycles. The van der Waals surface area contributed by atoms with Gasteiger partial charge in [-0.1, -0.05) is 18.5 Å². The van der Waals surface area contributed by atoms with Crippen LogP contribution in [0.15, 0.2) is 24.5 Å². The van der Waals surface area contributed by atoms with E-state index in [0.29, 0.717) is 5.02 Å². The molecule has 0 aliphatic heterocycles. The van der Waals surface area contributed by atoms with Gasteiger partial charge < -0.3 is 5.32 Å². The summed E-state index contributed by atoms with van der Waals surface area (Å²) in [5.41, 5.74) is 3.12. The number of hydrogen-bond donors (Lipinski definition) is 1. The highest BCUT2D eigenvalue weighted by atomic mass is 35.5. The van der Waals surface area contributed by atoms with Gasteiger partial charge >= 0.3 is 0 Å². The molecule has 96 valence electrons. The first-order valence-electron chi connectivity index (χ1n) is 5.96. The van der Waals surface area contributed by atoms with Crippen LogP contribution in [0.4, 0.5) is 0 Å². The van der Waals surface area contributed by atoms with Crippen molar-refractivity contribution < 1.29 is 0 Å². The summed E-state index contributed by atoms with van der Waals surface area (Å²) in [4.78, 5) is 4.23. The van der Waals surface area contributed by atoms with Crippen LogP contribution < -0.4 is 5.32 Å². The fourth-order valence-corrected chi connectivity index (χ4v) is 2.34. The van der Waals surface area contributed by atoms with E-state index >= 15 is 0 Å². The van der Waals surface area contributed by atoms with Gasteiger partial charge in [-0.05, 0) is 31.2 Å². The molecule has 2 aromatic heterocycles. The van der Waals surface area contributed by atoms with Crippen LogP contribution in [0.5, 0.6) is 0 Å². The molecular weight excluding hydrogens is 248 g/mol. The number of nitrogens with one attached hydrogen (secondary N) is 1. The Morgan fingerprint density at radius 3 is 2.83 bits per heavy atom. The quantitative estimate of drug-likeness (QED) is 0.923. The third kappa shape index (κ3) is 2.54. The third-order valence-corrected chi connectivity index (χ3v) is 3.16. The number of hydrogen-bond acceptors (Lipinski definition) is 3. The Morgan fingerprint density at radius 2 is 2.28 bits per heavy atom. The smallest absolute Gasteiger partial charge is 0.0837 e. The first-order valence-corrected chi connectivity index (χ1v) is 6.34. The molecule has 0 bridgehead atoms. The monoisotopic (exact) mass is 264 g/mol. The minimum Gasteiger partial charge on any atom is -0.305 e. The van der Waals surface area contributed by atoms with Crippen LogP contribution in [-0.4, -0.2) is 21.3 Å². The van der Waals surface area contributed by atoms with E-state index in [1.165, 1.54) is 0 Å². The fraction of sp³-hybridized carbons (Fsp3) is 0.385. The van der Waals surface area contributed by atoms with Crippen molar-refractivity contribution in [2.24, 2.45) is 7.05 Å². The Morgan fingerprint density at radius 1 is 1.50 bits per heavy atom. The molecule has 5 heteroatoms. The minimum atomic E-state index is 0.0386. The zero-order valence-corrected chi connectivity index (χ0v) is 11.6. The average molecular weight is 265 g/mol. The van der Waals surface area contributed by atoms with E-state index in [4.69, 9.17) is 11.6 Å². The van der Waals surface area contributed by atoms with Gasteiger partial charge in [-0.2, -0.15) is 5.10 Å². The van der Waals surface area contributed by atoms with Crippen molar-refractivity contribution in [1.29, 1.82) is 0 Å². The second kappa shape index (κ2) is 5.50. The molecule has 2 rings (SSSR count). The summed E-state index contributed by atoms with van der Waals surface area (Å²) in [7, 11) is 1.90. The number of halogens is 1. The summed E-state index contributed by atoms with van der Waals surface area (Å²) in [6, 6.07) is 4.11. The van der Waals surface area contributed by atoms with E-state index in [1.54, 1.807) is 6.20 Å². The van der Waals surface area contributed by atoms with Crippen LogP contribution in [0.25, 0.3) is 0 Å². The fourth-order valence-electron chi connectivity index (χ4n) is 2.07. The lowest BCUT2D eigenvalue weighted by atomic mass is 10.0. The first-order chi connectivity index (χ1) is 8.63. The lowest BCUT2D eigenvalue weighted by Crippen LogP contribution is -2.24. The van der Waals surface area contributed by atoms with E-state index in [1.807, 2.05) is 30.9 Å². The summed E-state index contributed by atoms with van der Waals surface area (Å²) >= 11 is 6.23. The van der Waals surface area contributed by atoms with Crippen molar-refractivity contribution in [1.82, 2.24) is 20.1 Å². The van der Waals surface area contributed by atoms with Crippen LogP contribution in [0, 0.1) is 6.92 Å². The highest BCUT2D eigenvalue weighted by Gasteiger charge is 2.20. The lowest BCUT2D eigenvalue weighted by Gasteiger charge is -2.19. The summed E-state index contributed by atoms with van der Waals surface area (Å²) in [5, 5.41) is 8.31. The van der Waals surface area contributed by atoms with Gasteiger partial charge in [-0.15, -0.1) is 0 Å². The maximum atomic E-state index is 6.23. The van der Waals surface area contributed by atoms with Crippen LogP contribution in [-0.2, 0) is 7.05 Å². The Bertz CT molecular complexity index is 516. The molecular formula is C13H17ClN4. The molecule has 18 heavy (non-hydrogen) atoms. The predicted octanol–water partition coefficient (Wildman–Crippen LogP) is 2.48. The zero-order valence-electron chi connectivity index (χ0n) is 10.8. The Kier molecular flexibility index (Phi) is 3.99. The number of rotatable bonds is 4. The van der Waals surface area contributed by atoms with E-state index in [9.17, 15) is 0 Å². The van der Waals surface area contributed by atoms with Crippen LogP contribution in [0.3, 0.4) is 0 Å². The molecule has 0 saturated carbocycles.